The Bertz CT molecular complexity index is 1470. The highest BCUT2D eigenvalue weighted by atomic mass is 16.6. The summed E-state index contributed by atoms with van der Waals surface area (Å²) in [6.45, 7) is 6.56. The summed E-state index contributed by atoms with van der Waals surface area (Å²) < 4.78 is 17.0. The van der Waals surface area contributed by atoms with E-state index in [0.29, 0.717) is 19.3 Å². The van der Waals surface area contributed by atoms with E-state index in [4.69, 9.17) is 14.2 Å². The minimum absolute atomic E-state index is 0.0742. The second kappa shape index (κ2) is 68.3. The fraction of sp³-hybridized carbons (Fsp3) is 0.797. The van der Waals surface area contributed by atoms with Crippen LogP contribution in [0, 0.1) is 0 Å². The van der Waals surface area contributed by atoms with Crippen molar-refractivity contribution in [1.29, 1.82) is 0 Å². The Labute approximate surface area is 497 Å². The van der Waals surface area contributed by atoms with E-state index in [1.165, 1.54) is 225 Å². The van der Waals surface area contributed by atoms with E-state index in [0.717, 1.165) is 96.3 Å². The first kappa shape index (κ1) is 76.9. The highest BCUT2D eigenvalue weighted by molar-refractivity contribution is 5.71. The topological polar surface area (TPSA) is 78.9 Å². The minimum atomic E-state index is -0.778. The van der Waals surface area contributed by atoms with Gasteiger partial charge in [-0.1, -0.05) is 325 Å². The number of carbonyl (C=O) groups is 3. The molecule has 0 N–H and O–H groups in total. The molecule has 0 saturated carbocycles. The van der Waals surface area contributed by atoms with Gasteiger partial charge in [-0.2, -0.15) is 0 Å². The van der Waals surface area contributed by atoms with Gasteiger partial charge in [0.2, 0.25) is 0 Å². The van der Waals surface area contributed by atoms with Crippen LogP contribution in [0.4, 0.5) is 0 Å². The smallest absolute Gasteiger partial charge is 0.306 e. The molecule has 0 spiro atoms. The zero-order valence-electron chi connectivity index (χ0n) is 53.3. The van der Waals surface area contributed by atoms with Crippen molar-refractivity contribution in [2.75, 3.05) is 13.2 Å². The van der Waals surface area contributed by atoms with Crippen LogP contribution in [-0.2, 0) is 28.6 Å². The Morgan fingerprint density at radius 3 is 0.762 bits per heavy atom. The second-order valence-corrected chi connectivity index (χ2v) is 23.4. The van der Waals surface area contributed by atoms with Crippen LogP contribution < -0.4 is 0 Å². The van der Waals surface area contributed by atoms with Crippen molar-refractivity contribution in [2.45, 2.75) is 367 Å². The number of allylic oxidation sites excluding steroid dienone is 12. The zero-order chi connectivity index (χ0) is 57.8. The van der Waals surface area contributed by atoms with Gasteiger partial charge in [-0.05, 0) is 89.9 Å². The van der Waals surface area contributed by atoms with Gasteiger partial charge in [0.05, 0.1) is 0 Å². The number of hydrogen-bond acceptors (Lipinski definition) is 6. The van der Waals surface area contributed by atoms with Crippen molar-refractivity contribution in [3.05, 3.63) is 72.9 Å². The van der Waals surface area contributed by atoms with E-state index in [2.05, 4.69) is 93.7 Å². The molecule has 0 aromatic heterocycles. The maximum atomic E-state index is 12.9. The fourth-order valence-corrected chi connectivity index (χ4v) is 10.2. The van der Waals surface area contributed by atoms with Gasteiger partial charge >= 0.3 is 17.9 Å². The lowest BCUT2D eigenvalue weighted by Crippen LogP contribution is -2.30. The molecule has 0 radical (unpaired) electrons. The summed E-state index contributed by atoms with van der Waals surface area (Å²) in [5.74, 6) is -0.862. The van der Waals surface area contributed by atoms with Gasteiger partial charge < -0.3 is 14.2 Å². The van der Waals surface area contributed by atoms with E-state index >= 15 is 0 Å². The fourth-order valence-electron chi connectivity index (χ4n) is 10.2. The van der Waals surface area contributed by atoms with Crippen LogP contribution in [0.1, 0.15) is 361 Å². The molecule has 6 heteroatoms. The van der Waals surface area contributed by atoms with Gasteiger partial charge in [0.25, 0.3) is 0 Å². The Morgan fingerprint density at radius 2 is 0.487 bits per heavy atom. The molecule has 0 aliphatic carbocycles. The minimum Gasteiger partial charge on any atom is -0.462 e. The Balaban J connectivity index is 4.21. The lowest BCUT2D eigenvalue weighted by atomic mass is 10.0. The summed E-state index contributed by atoms with van der Waals surface area (Å²) in [6, 6.07) is 0. The first-order chi connectivity index (χ1) is 39.5. The molecule has 0 saturated heterocycles. The number of unbranched alkanes of at least 4 members (excludes halogenated alkanes) is 41. The number of hydrogen-bond donors (Lipinski definition) is 0. The van der Waals surface area contributed by atoms with Gasteiger partial charge in [0, 0.05) is 19.3 Å². The van der Waals surface area contributed by atoms with Crippen LogP contribution in [0.2, 0.25) is 0 Å². The largest absolute Gasteiger partial charge is 0.462 e. The van der Waals surface area contributed by atoms with E-state index < -0.39 is 6.10 Å². The standard InChI is InChI=1S/C74H132O6/c1-4-7-10-13-16-19-22-25-27-29-31-33-34-35-36-37-38-39-40-42-43-45-47-49-52-55-58-61-64-67-73(76)79-70-71(69-78-72(75)66-63-60-57-54-51-24-21-18-15-12-9-6-3)80-74(77)68-65-62-59-56-53-50-48-46-44-41-32-30-28-26-23-20-17-14-11-8-5-2/h8,11,17,20,22,25-26,28-29,31-32,41,71H,4-7,9-10,12-16,18-19,21,23-24,27,30,33-40,42-70H2,1-3H3/b11-8-,20-17-,25-22-,28-26-,31-29-,41-32-. The third-order valence-corrected chi connectivity index (χ3v) is 15.4. The predicted molar refractivity (Wildman–Crippen MR) is 348 cm³/mol. The molecule has 0 fully saturated rings. The summed E-state index contributed by atoms with van der Waals surface area (Å²) in [5.41, 5.74) is 0. The summed E-state index contributed by atoms with van der Waals surface area (Å²) in [4.78, 5) is 38.4. The van der Waals surface area contributed by atoms with E-state index in [-0.39, 0.29) is 31.1 Å². The van der Waals surface area contributed by atoms with Gasteiger partial charge in [0.1, 0.15) is 13.2 Å². The van der Waals surface area contributed by atoms with Crippen LogP contribution in [-0.4, -0.2) is 37.2 Å². The Kier molecular flexibility index (Phi) is 65.7. The molecule has 0 heterocycles. The average molecular weight is 1120 g/mol. The van der Waals surface area contributed by atoms with Gasteiger partial charge in [-0.15, -0.1) is 0 Å². The highest BCUT2D eigenvalue weighted by Crippen LogP contribution is 2.18. The van der Waals surface area contributed by atoms with Gasteiger partial charge in [0.15, 0.2) is 6.10 Å². The van der Waals surface area contributed by atoms with E-state index in [9.17, 15) is 14.4 Å². The van der Waals surface area contributed by atoms with Crippen molar-refractivity contribution >= 4 is 17.9 Å². The van der Waals surface area contributed by atoms with Crippen molar-refractivity contribution in [3.8, 4) is 0 Å². The first-order valence-corrected chi connectivity index (χ1v) is 34.9. The van der Waals surface area contributed by atoms with Gasteiger partial charge in [-0.3, -0.25) is 14.4 Å². The van der Waals surface area contributed by atoms with Crippen molar-refractivity contribution in [1.82, 2.24) is 0 Å². The summed E-state index contributed by atoms with van der Waals surface area (Å²) in [7, 11) is 0. The maximum Gasteiger partial charge on any atom is 0.306 e. The van der Waals surface area contributed by atoms with Crippen LogP contribution in [0.15, 0.2) is 72.9 Å². The van der Waals surface area contributed by atoms with Crippen LogP contribution in [0.5, 0.6) is 0 Å². The van der Waals surface area contributed by atoms with Crippen LogP contribution in [0.25, 0.3) is 0 Å². The lowest BCUT2D eigenvalue weighted by Gasteiger charge is -2.18. The second-order valence-electron chi connectivity index (χ2n) is 23.4. The lowest BCUT2D eigenvalue weighted by molar-refractivity contribution is -0.167. The summed E-state index contributed by atoms with van der Waals surface area (Å²) in [6.07, 6.45) is 89.3. The third kappa shape index (κ3) is 65.7. The summed E-state index contributed by atoms with van der Waals surface area (Å²) >= 11 is 0. The molecule has 0 aromatic carbocycles. The maximum absolute atomic E-state index is 12.9. The molecule has 464 valence electrons. The van der Waals surface area contributed by atoms with Crippen LogP contribution in [0.3, 0.4) is 0 Å². The average Bonchev–Trinajstić information content (AvgIpc) is 3.46. The Hall–Kier alpha value is -3.15. The normalized spacial score (nSPS) is 12.5. The van der Waals surface area contributed by atoms with E-state index in [1.807, 2.05) is 0 Å². The highest BCUT2D eigenvalue weighted by Gasteiger charge is 2.19. The van der Waals surface area contributed by atoms with Crippen LogP contribution >= 0.6 is 0 Å². The number of ether oxygens (including phenoxy) is 3. The number of esters is 3. The predicted octanol–water partition coefficient (Wildman–Crippen LogP) is 24.1. The van der Waals surface area contributed by atoms with E-state index in [1.54, 1.807) is 0 Å². The van der Waals surface area contributed by atoms with Crippen molar-refractivity contribution in [2.24, 2.45) is 0 Å². The zero-order valence-corrected chi connectivity index (χ0v) is 53.3. The summed E-state index contributed by atoms with van der Waals surface area (Å²) in [5, 5.41) is 0. The van der Waals surface area contributed by atoms with Crippen molar-refractivity contribution in [3.63, 3.8) is 0 Å². The molecule has 0 aliphatic heterocycles. The molecule has 0 aliphatic rings. The molecule has 1 atom stereocenters. The number of rotatable bonds is 64. The van der Waals surface area contributed by atoms with Gasteiger partial charge in [-0.25, -0.2) is 0 Å². The molecule has 80 heavy (non-hydrogen) atoms. The molecule has 6 nitrogen and oxygen atoms in total. The quantitative estimate of drug-likeness (QED) is 0.0261. The molecule has 1 unspecified atom stereocenters. The Morgan fingerprint density at radius 1 is 0.263 bits per heavy atom. The van der Waals surface area contributed by atoms with Crippen molar-refractivity contribution < 1.29 is 28.6 Å². The molecule has 0 bridgehead atoms. The molecule has 0 rings (SSSR count). The molecular formula is C74H132O6. The monoisotopic (exact) mass is 1120 g/mol. The molecule has 0 amide bonds. The SMILES string of the molecule is CC/C=C\C/C=C\C/C=C\C/C=C\CCCCCCCCCCC(=O)OC(COC(=O)CCCCCCCCCCCCCC)COC(=O)CCCCCCCCCCCCCCCCCCC/C=C\C/C=C\CCCCCCC. The first-order valence-electron chi connectivity index (χ1n) is 34.9. The molecular weight excluding hydrogens is 985 g/mol. The number of carbonyl (C=O) groups excluding carboxylic acids is 3. The third-order valence-electron chi connectivity index (χ3n) is 15.4. The molecule has 0 aromatic rings.